The van der Waals surface area contributed by atoms with Crippen LogP contribution in [0.4, 0.5) is 0 Å². The van der Waals surface area contributed by atoms with Crippen LogP contribution in [0.5, 0.6) is 0 Å². The van der Waals surface area contributed by atoms with Gasteiger partial charge in [-0.15, -0.1) is 0 Å². The van der Waals surface area contributed by atoms with Crippen LogP contribution < -0.4 is 0 Å². The summed E-state index contributed by atoms with van der Waals surface area (Å²) >= 11 is 1.96. The molecule has 0 bridgehead atoms. The molecule has 1 aromatic rings. The quantitative estimate of drug-likeness (QED) is 0.836. The number of aromatic nitrogens is 1. The van der Waals surface area contributed by atoms with Crippen LogP contribution in [0, 0.1) is 5.92 Å². The van der Waals surface area contributed by atoms with Crippen molar-refractivity contribution in [3.8, 4) is 0 Å². The van der Waals surface area contributed by atoms with Gasteiger partial charge < -0.3 is 4.90 Å². The molecule has 1 aliphatic heterocycles. The predicted molar refractivity (Wildman–Crippen MR) is 75.6 cm³/mol. The molecular formula is C14H20N2OS. The Kier molecular flexibility index (Phi) is 5.05. The monoisotopic (exact) mass is 264 g/mol. The molecule has 1 aliphatic rings. The molecule has 1 saturated heterocycles. The molecule has 2 rings (SSSR count). The Balaban J connectivity index is 1.80. The number of nitrogens with zero attached hydrogens (tertiary/aromatic N) is 2. The van der Waals surface area contributed by atoms with Crippen LogP contribution in [0.3, 0.4) is 0 Å². The van der Waals surface area contributed by atoms with E-state index in [-0.39, 0.29) is 5.92 Å². The van der Waals surface area contributed by atoms with Crippen molar-refractivity contribution in [2.24, 2.45) is 5.92 Å². The van der Waals surface area contributed by atoms with Gasteiger partial charge in [0, 0.05) is 31.9 Å². The Morgan fingerprint density at radius 2 is 2.06 bits per heavy atom. The number of hydrogen-bond acceptors (Lipinski definition) is 3. The average molecular weight is 264 g/mol. The molecule has 3 nitrogen and oxygen atoms in total. The fourth-order valence-electron chi connectivity index (χ4n) is 2.21. The fourth-order valence-corrected chi connectivity index (χ4v) is 3.32. The normalized spacial score (nSPS) is 16.5. The molecule has 1 fully saturated rings. The topological polar surface area (TPSA) is 33.2 Å². The summed E-state index contributed by atoms with van der Waals surface area (Å²) in [5.74, 6) is 2.85. The predicted octanol–water partition coefficient (Wildman–Crippen LogP) is 2.23. The number of likely N-dealkylation sites (N-methyl/N-ethyl adjacent to an activating group) is 1. The van der Waals surface area contributed by atoms with Crippen molar-refractivity contribution in [2.45, 2.75) is 19.3 Å². The Labute approximate surface area is 113 Å². The highest BCUT2D eigenvalue weighted by Gasteiger charge is 2.23. The van der Waals surface area contributed by atoms with E-state index in [1.807, 2.05) is 35.8 Å². The van der Waals surface area contributed by atoms with Crippen LogP contribution in [0.2, 0.25) is 0 Å². The van der Waals surface area contributed by atoms with Crippen molar-refractivity contribution >= 4 is 17.7 Å². The third kappa shape index (κ3) is 3.73. The second-order valence-corrected chi connectivity index (χ2v) is 5.98. The van der Waals surface area contributed by atoms with Gasteiger partial charge in [0.2, 0.25) is 5.91 Å². The third-order valence-electron chi connectivity index (χ3n) is 3.43. The number of amides is 1. The lowest BCUT2D eigenvalue weighted by atomic mass is 10.0. The van der Waals surface area contributed by atoms with Gasteiger partial charge >= 0.3 is 0 Å². The van der Waals surface area contributed by atoms with Gasteiger partial charge in [-0.2, -0.15) is 11.8 Å². The van der Waals surface area contributed by atoms with E-state index in [1.165, 1.54) is 5.56 Å². The van der Waals surface area contributed by atoms with E-state index >= 15 is 0 Å². The molecule has 0 spiro atoms. The molecule has 0 aromatic carbocycles. The second-order valence-electron chi connectivity index (χ2n) is 4.75. The lowest BCUT2D eigenvalue weighted by Crippen LogP contribution is -2.36. The zero-order valence-corrected chi connectivity index (χ0v) is 11.7. The first-order chi connectivity index (χ1) is 8.77. The molecule has 0 aliphatic carbocycles. The molecule has 0 radical (unpaired) electrons. The van der Waals surface area contributed by atoms with Gasteiger partial charge in [0.15, 0.2) is 0 Å². The Morgan fingerprint density at radius 3 is 2.72 bits per heavy atom. The largest absolute Gasteiger partial charge is 0.345 e. The summed E-state index contributed by atoms with van der Waals surface area (Å²) in [6.07, 6.45) is 6.60. The lowest BCUT2D eigenvalue weighted by Gasteiger charge is -2.26. The van der Waals surface area contributed by atoms with Gasteiger partial charge in [0.25, 0.3) is 0 Å². The number of rotatable bonds is 4. The van der Waals surface area contributed by atoms with Crippen molar-refractivity contribution in [3.05, 3.63) is 30.1 Å². The van der Waals surface area contributed by atoms with E-state index in [0.29, 0.717) is 5.91 Å². The minimum absolute atomic E-state index is 0.258. The Bertz CT molecular complexity index is 377. The van der Waals surface area contributed by atoms with E-state index in [4.69, 9.17) is 0 Å². The minimum Gasteiger partial charge on any atom is -0.345 e. The van der Waals surface area contributed by atoms with Crippen molar-refractivity contribution < 1.29 is 4.79 Å². The molecular weight excluding hydrogens is 244 g/mol. The van der Waals surface area contributed by atoms with Crippen LogP contribution in [-0.2, 0) is 11.2 Å². The van der Waals surface area contributed by atoms with Gasteiger partial charge in [-0.3, -0.25) is 9.78 Å². The van der Waals surface area contributed by atoms with Crippen molar-refractivity contribution in [3.63, 3.8) is 0 Å². The molecule has 98 valence electrons. The molecule has 1 aromatic heterocycles. The SMILES string of the molecule is CN(CCc1ccncc1)C(=O)C1CCSCC1. The zero-order valence-electron chi connectivity index (χ0n) is 10.8. The molecule has 0 saturated carbocycles. The van der Waals surface area contributed by atoms with Gasteiger partial charge in [0.1, 0.15) is 0 Å². The summed E-state index contributed by atoms with van der Waals surface area (Å²) in [5, 5.41) is 0. The summed E-state index contributed by atoms with van der Waals surface area (Å²) in [6, 6.07) is 4.02. The van der Waals surface area contributed by atoms with Gasteiger partial charge in [-0.1, -0.05) is 0 Å². The molecule has 2 heterocycles. The number of pyridine rings is 1. The standard InChI is InChI=1S/C14H20N2OS/c1-16(9-4-12-2-7-15-8-3-12)14(17)13-5-10-18-11-6-13/h2-3,7-8,13H,4-6,9-11H2,1H3. The number of thioether (sulfide) groups is 1. The van der Waals surface area contributed by atoms with Crippen molar-refractivity contribution in [1.29, 1.82) is 0 Å². The van der Waals surface area contributed by atoms with Crippen LogP contribution >= 0.6 is 11.8 Å². The van der Waals surface area contributed by atoms with Crippen LogP contribution in [-0.4, -0.2) is 40.9 Å². The van der Waals surface area contributed by atoms with E-state index in [2.05, 4.69) is 4.98 Å². The fraction of sp³-hybridized carbons (Fsp3) is 0.571. The maximum absolute atomic E-state index is 12.2. The number of carbonyl (C=O) groups excluding carboxylic acids is 1. The van der Waals surface area contributed by atoms with E-state index < -0.39 is 0 Å². The molecule has 18 heavy (non-hydrogen) atoms. The van der Waals surface area contributed by atoms with Crippen LogP contribution in [0.25, 0.3) is 0 Å². The highest BCUT2D eigenvalue weighted by atomic mass is 32.2. The molecule has 0 atom stereocenters. The van der Waals surface area contributed by atoms with Crippen molar-refractivity contribution in [2.75, 3.05) is 25.1 Å². The van der Waals surface area contributed by atoms with Crippen LogP contribution in [0.15, 0.2) is 24.5 Å². The lowest BCUT2D eigenvalue weighted by molar-refractivity contribution is -0.134. The maximum atomic E-state index is 12.2. The molecule has 0 N–H and O–H groups in total. The van der Waals surface area contributed by atoms with Crippen LogP contribution in [0.1, 0.15) is 18.4 Å². The van der Waals surface area contributed by atoms with Gasteiger partial charge in [0.05, 0.1) is 0 Å². The molecule has 4 heteroatoms. The first-order valence-electron chi connectivity index (χ1n) is 6.49. The van der Waals surface area contributed by atoms with Gasteiger partial charge in [-0.05, 0) is 48.5 Å². The highest BCUT2D eigenvalue weighted by Crippen LogP contribution is 2.24. The van der Waals surface area contributed by atoms with Gasteiger partial charge in [-0.25, -0.2) is 0 Å². The number of hydrogen-bond donors (Lipinski definition) is 0. The Morgan fingerprint density at radius 1 is 1.39 bits per heavy atom. The molecule has 0 unspecified atom stereocenters. The Hall–Kier alpha value is -1.03. The highest BCUT2D eigenvalue weighted by molar-refractivity contribution is 7.99. The second kappa shape index (κ2) is 6.78. The average Bonchev–Trinajstić information content (AvgIpc) is 2.46. The smallest absolute Gasteiger partial charge is 0.225 e. The first-order valence-corrected chi connectivity index (χ1v) is 7.64. The maximum Gasteiger partial charge on any atom is 0.225 e. The summed E-state index contributed by atoms with van der Waals surface area (Å²) in [4.78, 5) is 18.1. The summed E-state index contributed by atoms with van der Waals surface area (Å²) in [7, 11) is 1.92. The summed E-state index contributed by atoms with van der Waals surface area (Å²) in [6.45, 7) is 0.798. The van der Waals surface area contributed by atoms with E-state index in [0.717, 1.165) is 37.3 Å². The third-order valence-corrected chi connectivity index (χ3v) is 4.48. The molecule has 1 amide bonds. The summed E-state index contributed by atoms with van der Waals surface area (Å²) in [5.41, 5.74) is 1.24. The minimum atomic E-state index is 0.258. The number of carbonyl (C=O) groups is 1. The van der Waals surface area contributed by atoms with E-state index in [1.54, 1.807) is 12.4 Å². The zero-order chi connectivity index (χ0) is 12.8. The van der Waals surface area contributed by atoms with E-state index in [9.17, 15) is 4.79 Å². The summed E-state index contributed by atoms with van der Waals surface area (Å²) < 4.78 is 0. The first kappa shape index (κ1) is 13.4. The van der Waals surface area contributed by atoms with Crippen molar-refractivity contribution in [1.82, 2.24) is 9.88 Å².